The highest BCUT2D eigenvalue weighted by molar-refractivity contribution is 5.77. The smallest absolute Gasteiger partial charge is 0.225 e. The molecule has 1 N–H and O–H groups in total. The molecule has 0 atom stereocenters. The van der Waals surface area contributed by atoms with Crippen LogP contribution in [0, 0.1) is 6.92 Å². The molecule has 0 radical (unpaired) electrons. The summed E-state index contributed by atoms with van der Waals surface area (Å²) in [5.74, 6) is 0.623. The molecule has 0 aromatic heterocycles. The van der Waals surface area contributed by atoms with E-state index in [0.29, 0.717) is 45.1 Å². The van der Waals surface area contributed by atoms with Crippen LogP contribution in [0.25, 0.3) is 11.1 Å². The van der Waals surface area contributed by atoms with Crippen molar-refractivity contribution in [2.45, 2.75) is 26.8 Å². The highest BCUT2D eigenvalue weighted by Crippen LogP contribution is 2.37. The molecule has 0 saturated heterocycles. The minimum absolute atomic E-state index is 0.0372. The Hall–Kier alpha value is -2.53. The maximum absolute atomic E-state index is 12.4. The maximum atomic E-state index is 12.4. The van der Waals surface area contributed by atoms with Crippen molar-refractivity contribution in [3.8, 4) is 22.6 Å². The second-order valence-corrected chi connectivity index (χ2v) is 6.46. The molecule has 1 amide bonds. The number of hydrogen-bond donors (Lipinski definition) is 1. The number of nitrogens with zero attached hydrogens (tertiary/aromatic N) is 1. The molecule has 3 rings (SSSR count). The van der Waals surface area contributed by atoms with Crippen LogP contribution in [0.3, 0.4) is 0 Å². The standard InChI is InChI=1S/C21H25NO4/c1-3-25-10-8-20(24)22-9-11-26-21-18(14-22)12-17(13-19(21)23)16-6-4-15(2)5-7-16/h4-7,12-13,23H,3,8-11,14H2,1-2H3. The van der Waals surface area contributed by atoms with Gasteiger partial charge >= 0.3 is 0 Å². The predicted molar refractivity (Wildman–Crippen MR) is 100 cm³/mol. The Labute approximate surface area is 154 Å². The molecule has 1 aliphatic rings. The number of phenols is 1. The number of amides is 1. The predicted octanol–water partition coefficient (Wildman–Crippen LogP) is 3.52. The van der Waals surface area contributed by atoms with E-state index in [1.165, 1.54) is 5.56 Å². The molecule has 0 spiro atoms. The van der Waals surface area contributed by atoms with E-state index in [-0.39, 0.29) is 11.7 Å². The van der Waals surface area contributed by atoms with Gasteiger partial charge in [-0.2, -0.15) is 0 Å². The SMILES string of the molecule is CCOCCC(=O)N1CCOc2c(O)cc(-c3ccc(C)cc3)cc2C1. The average molecular weight is 355 g/mol. The lowest BCUT2D eigenvalue weighted by molar-refractivity contribution is -0.133. The topological polar surface area (TPSA) is 59.0 Å². The summed E-state index contributed by atoms with van der Waals surface area (Å²) in [5, 5.41) is 10.4. The van der Waals surface area contributed by atoms with Gasteiger partial charge in [-0.3, -0.25) is 4.79 Å². The van der Waals surface area contributed by atoms with Gasteiger partial charge in [0.1, 0.15) is 6.61 Å². The lowest BCUT2D eigenvalue weighted by atomic mass is 10.0. The molecule has 2 aromatic carbocycles. The summed E-state index contributed by atoms with van der Waals surface area (Å²) in [6, 6.07) is 11.8. The first-order valence-electron chi connectivity index (χ1n) is 8.99. The number of phenolic OH excluding ortho intramolecular Hbond substituents is 1. The van der Waals surface area contributed by atoms with Crippen molar-refractivity contribution >= 4 is 5.91 Å². The van der Waals surface area contributed by atoms with Crippen molar-refractivity contribution in [2.24, 2.45) is 0 Å². The summed E-state index contributed by atoms with van der Waals surface area (Å²) in [6.45, 7) is 6.27. The molecule has 0 bridgehead atoms. The summed E-state index contributed by atoms with van der Waals surface area (Å²) in [5.41, 5.74) is 3.94. The fourth-order valence-electron chi connectivity index (χ4n) is 3.09. The lowest BCUT2D eigenvalue weighted by Crippen LogP contribution is -2.33. The lowest BCUT2D eigenvalue weighted by Gasteiger charge is -2.20. The zero-order valence-electron chi connectivity index (χ0n) is 15.3. The van der Waals surface area contributed by atoms with Crippen molar-refractivity contribution < 1.29 is 19.4 Å². The first-order chi connectivity index (χ1) is 12.6. The summed E-state index contributed by atoms with van der Waals surface area (Å²) in [6.07, 6.45) is 0.354. The van der Waals surface area contributed by atoms with Gasteiger partial charge in [-0.05, 0) is 37.1 Å². The number of benzene rings is 2. The van der Waals surface area contributed by atoms with E-state index in [2.05, 4.69) is 0 Å². The third-order valence-electron chi connectivity index (χ3n) is 4.52. The van der Waals surface area contributed by atoms with Crippen LogP contribution in [0.1, 0.15) is 24.5 Å². The Morgan fingerprint density at radius 1 is 1.23 bits per heavy atom. The Kier molecular flexibility index (Phi) is 5.78. The molecule has 0 fully saturated rings. The van der Waals surface area contributed by atoms with Gasteiger partial charge in [0.2, 0.25) is 5.91 Å². The normalized spacial score (nSPS) is 13.7. The molecule has 5 heteroatoms. The number of ether oxygens (including phenoxy) is 2. The molecular weight excluding hydrogens is 330 g/mol. The fourth-order valence-corrected chi connectivity index (χ4v) is 3.09. The third kappa shape index (κ3) is 4.17. The molecule has 2 aromatic rings. The van der Waals surface area contributed by atoms with Gasteiger partial charge in [0.25, 0.3) is 0 Å². The van der Waals surface area contributed by atoms with Crippen LogP contribution in [-0.2, 0) is 16.1 Å². The second kappa shape index (κ2) is 8.23. The first kappa shape index (κ1) is 18.3. The Morgan fingerprint density at radius 2 is 2.00 bits per heavy atom. The fraction of sp³-hybridized carbons (Fsp3) is 0.381. The van der Waals surface area contributed by atoms with Crippen molar-refractivity contribution in [3.63, 3.8) is 0 Å². The number of carbonyl (C=O) groups is 1. The average Bonchev–Trinajstić information content (AvgIpc) is 2.85. The molecule has 1 aliphatic heterocycles. The summed E-state index contributed by atoms with van der Waals surface area (Å²) in [7, 11) is 0. The molecule has 26 heavy (non-hydrogen) atoms. The van der Waals surface area contributed by atoms with Crippen LogP contribution in [0.15, 0.2) is 36.4 Å². The Morgan fingerprint density at radius 3 is 2.73 bits per heavy atom. The van der Waals surface area contributed by atoms with E-state index < -0.39 is 0 Å². The van der Waals surface area contributed by atoms with Crippen LogP contribution in [0.5, 0.6) is 11.5 Å². The molecule has 0 aliphatic carbocycles. The minimum Gasteiger partial charge on any atom is -0.504 e. The van der Waals surface area contributed by atoms with Gasteiger partial charge in [-0.25, -0.2) is 0 Å². The second-order valence-electron chi connectivity index (χ2n) is 6.46. The monoisotopic (exact) mass is 355 g/mol. The summed E-state index contributed by atoms with van der Waals surface area (Å²) in [4.78, 5) is 14.2. The Balaban J connectivity index is 1.85. The van der Waals surface area contributed by atoms with Crippen LogP contribution < -0.4 is 4.74 Å². The highest BCUT2D eigenvalue weighted by Gasteiger charge is 2.22. The number of hydrogen-bond acceptors (Lipinski definition) is 4. The molecule has 0 saturated carbocycles. The summed E-state index contributed by atoms with van der Waals surface area (Å²) >= 11 is 0. The van der Waals surface area contributed by atoms with E-state index in [9.17, 15) is 9.90 Å². The highest BCUT2D eigenvalue weighted by atomic mass is 16.5. The van der Waals surface area contributed by atoms with Gasteiger partial charge < -0.3 is 19.5 Å². The number of fused-ring (bicyclic) bond motifs is 1. The van der Waals surface area contributed by atoms with Gasteiger partial charge in [0.05, 0.1) is 19.6 Å². The number of aryl methyl sites for hydroxylation is 1. The van der Waals surface area contributed by atoms with E-state index in [1.807, 2.05) is 44.2 Å². The van der Waals surface area contributed by atoms with Crippen molar-refractivity contribution in [3.05, 3.63) is 47.5 Å². The van der Waals surface area contributed by atoms with Gasteiger partial charge in [-0.1, -0.05) is 29.8 Å². The zero-order valence-corrected chi connectivity index (χ0v) is 15.3. The van der Waals surface area contributed by atoms with Crippen molar-refractivity contribution in [1.82, 2.24) is 4.90 Å². The third-order valence-corrected chi connectivity index (χ3v) is 4.52. The molecular formula is C21H25NO4. The van der Waals surface area contributed by atoms with Gasteiger partial charge in [-0.15, -0.1) is 0 Å². The van der Waals surface area contributed by atoms with Crippen molar-refractivity contribution in [2.75, 3.05) is 26.4 Å². The Bertz CT molecular complexity index is 770. The molecule has 0 unspecified atom stereocenters. The number of carbonyl (C=O) groups excluding carboxylic acids is 1. The first-order valence-corrected chi connectivity index (χ1v) is 8.99. The largest absolute Gasteiger partial charge is 0.504 e. The van der Waals surface area contributed by atoms with Gasteiger partial charge in [0, 0.05) is 18.7 Å². The van der Waals surface area contributed by atoms with E-state index in [4.69, 9.17) is 9.47 Å². The maximum Gasteiger partial charge on any atom is 0.225 e. The quantitative estimate of drug-likeness (QED) is 0.834. The number of rotatable bonds is 5. The van der Waals surface area contributed by atoms with Crippen LogP contribution in [0.4, 0.5) is 0 Å². The van der Waals surface area contributed by atoms with E-state index >= 15 is 0 Å². The number of aromatic hydroxyl groups is 1. The van der Waals surface area contributed by atoms with Crippen LogP contribution >= 0.6 is 0 Å². The van der Waals surface area contributed by atoms with Crippen LogP contribution in [-0.4, -0.2) is 42.3 Å². The summed E-state index contributed by atoms with van der Waals surface area (Å²) < 4.78 is 11.0. The molecule has 1 heterocycles. The molecule has 138 valence electrons. The van der Waals surface area contributed by atoms with Gasteiger partial charge in [0.15, 0.2) is 11.5 Å². The minimum atomic E-state index is 0.0372. The van der Waals surface area contributed by atoms with Crippen molar-refractivity contribution in [1.29, 1.82) is 0 Å². The van der Waals surface area contributed by atoms with E-state index in [0.717, 1.165) is 16.7 Å². The zero-order chi connectivity index (χ0) is 18.5. The van der Waals surface area contributed by atoms with E-state index in [1.54, 1.807) is 11.0 Å². The van der Waals surface area contributed by atoms with Crippen LogP contribution in [0.2, 0.25) is 0 Å². The molecule has 5 nitrogen and oxygen atoms in total.